The summed E-state index contributed by atoms with van der Waals surface area (Å²) in [4.78, 5) is 20.7. The lowest BCUT2D eigenvalue weighted by Gasteiger charge is -2.11. The first-order valence-corrected chi connectivity index (χ1v) is 11.7. The molecule has 0 unspecified atom stereocenters. The van der Waals surface area contributed by atoms with Crippen LogP contribution < -0.4 is 10.6 Å². The van der Waals surface area contributed by atoms with Crippen LogP contribution >= 0.6 is 0 Å². The third-order valence-corrected chi connectivity index (χ3v) is 5.79. The normalized spacial score (nSPS) is 10.9. The van der Waals surface area contributed by atoms with E-state index >= 15 is 0 Å². The van der Waals surface area contributed by atoms with Crippen molar-refractivity contribution in [1.82, 2.24) is 15.3 Å². The summed E-state index contributed by atoms with van der Waals surface area (Å²) >= 11 is 0. The van der Waals surface area contributed by atoms with Crippen molar-refractivity contribution in [2.45, 2.75) is 39.2 Å². The number of anilines is 1. The van der Waals surface area contributed by atoms with Gasteiger partial charge in [0.15, 0.2) is 0 Å². The molecule has 0 atom stereocenters. The molecule has 34 heavy (non-hydrogen) atoms. The molecule has 1 amide bonds. The highest BCUT2D eigenvalue weighted by Crippen LogP contribution is 2.28. The molecule has 5 nitrogen and oxygen atoms in total. The van der Waals surface area contributed by atoms with E-state index in [2.05, 4.69) is 39.7 Å². The van der Waals surface area contributed by atoms with Gasteiger partial charge in [0, 0.05) is 24.9 Å². The number of amides is 1. The van der Waals surface area contributed by atoms with E-state index in [9.17, 15) is 9.18 Å². The Morgan fingerprint density at radius 2 is 1.76 bits per heavy atom. The number of carbonyl (C=O) groups is 1. The van der Waals surface area contributed by atoms with E-state index in [4.69, 9.17) is 0 Å². The predicted molar refractivity (Wildman–Crippen MR) is 135 cm³/mol. The van der Waals surface area contributed by atoms with Crippen molar-refractivity contribution in [3.8, 4) is 11.1 Å². The predicted octanol–water partition coefficient (Wildman–Crippen LogP) is 5.90. The SMILES string of the molecule is CCCCC(=O)NCCc1cc(-c2ccc3ncnc(NCc4ccccc4)c3c2)ccc1F. The number of benzene rings is 3. The number of aromatic nitrogens is 2. The zero-order valence-corrected chi connectivity index (χ0v) is 19.4. The number of rotatable bonds is 10. The Kier molecular flexibility index (Phi) is 7.81. The van der Waals surface area contributed by atoms with Crippen LogP contribution in [0.15, 0.2) is 73.1 Å². The number of nitrogens with one attached hydrogen (secondary N) is 2. The van der Waals surface area contributed by atoms with Gasteiger partial charge in [-0.05, 0) is 59.4 Å². The van der Waals surface area contributed by atoms with Gasteiger partial charge in [-0.25, -0.2) is 14.4 Å². The fourth-order valence-corrected chi connectivity index (χ4v) is 3.87. The van der Waals surface area contributed by atoms with Gasteiger partial charge in [-0.15, -0.1) is 0 Å². The molecule has 0 spiro atoms. The van der Waals surface area contributed by atoms with E-state index in [1.807, 2.05) is 42.5 Å². The first kappa shape index (κ1) is 23.4. The summed E-state index contributed by atoms with van der Waals surface area (Å²) in [6.45, 7) is 3.12. The summed E-state index contributed by atoms with van der Waals surface area (Å²) in [5.74, 6) is 0.511. The lowest BCUT2D eigenvalue weighted by molar-refractivity contribution is -0.121. The molecule has 0 aliphatic rings. The van der Waals surface area contributed by atoms with Gasteiger partial charge in [-0.1, -0.05) is 55.8 Å². The molecule has 2 N–H and O–H groups in total. The lowest BCUT2D eigenvalue weighted by Crippen LogP contribution is -2.25. The van der Waals surface area contributed by atoms with Crippen molar-refractivity contribution < 1.29 is 9.18 Å². The lowest BCUT2D eigenvalue weighted by atomic mass is 9.99. The Morgan fingerprint density at radius 1 is 0.971 bits per heavy atom. The zero-order chi connectivity index (χ0) is 23.8. The highest BCUT2D eigenvalue weighted by molar-refractivity contribution is 5.92. The third kappa shape index (κ3) is 5.95. The maximum Gasteiger partial charge on any atom is 0.220 e. The summed E-state index contributed by atoms with van der Waals surface area (Å²) in [6.07, 6.45) is 4.35. The molecule has 1 aromatic heterocycles. The number of hydrogen-bond donors (Lipinski definition) is 2. The van der Waals surface area contributed by atoms with Gasteiger partial charge in [0.1, 0.15) is 18.0 Å². The second-order valence-corrected chi connectivity index (χ2v) is 8.30. The monoisotopic (exact) mass is 456 g/mol. The first-order chi connectivity index (χ1) is 16.6. The molecule has 3 aromatic carbocycles. The molecule has 174 valence electrons. The van der Waals surface area contributed by atoms with E-state index in [-0.39, 0.29) is 11.7 Å². The topological polar surface area (TPSA) is 66.9 Å². The van der Waals surface area contributed by atoms with Gasteiger partial charge >= 0.3 is 0 Å². The van der Waals surface area contributed by atoms with Crippen molar-refractivity contribution >= 4 is 22.6 Å². The molecule has 0 fully saturated rings. The van der Waals surface area contributed by atoms with Gasteiger partial charge in [-0.2, -0.15) is 0 Å². The maximum absolute atomic E-state index is 14.4. The van der Waals surface area contributed by atoms with Crippen LogP contribution in [0.3, 0.4) is 0 Å². The van der Waals surface area contributed by atoms with Gasteiger partial charge < -0.3 is 10.6 Å². The molecule has 0 bridgehead atoms. The van der Waals surface area contributed by atoms with Crippen molar-refractivity contribution in [2.75, 3.05) is 11.9 Å². The Morgan fingerprint density at radius 3 is 2.59 bits per heavy atom. The Labute approximate surface area is 199 Å². The zero-order valence-electron chi connectivity index (χ0n) is 19.4. The molecule has 0 saturated carbocycles. The minimum Gasteiger partial charge on any atom is -0.365 e. The molecule has 0 saturated heterocycles. The van der Waals surface area contributed by atoms with Crippen LogP contribution in [0.5, 0.6) is 0 Å². The van der Waals surface area contributed by atoms with E-state index < -0.39 is 0 Å². The summed E-state index contributed by atoms with van der Waals surface area (Å²) in [5.41, 5.74) is 4.45. The fourth-order valence-electron chi connectivity index (χ4n) is 3.87. The summed E-state index contributed by atoms with van der Waals surface area (Å²) in [6, 6.07) is 21.2. The summed E-state index contributed by atoms with van der Waals surface area (Å²) < 4.78 is 14.4. The second kappa shape index (κ2) is 11.4. The first-order valence-electron chi connectivity index (χ1n) is 11.7. The van der Waals surface area contributed by atoms with Gasteiger partial charge in [0.05, 0.1) is 5.52 Å². The quantitative estimate of drug-likeness (QED) is 0.312. The maximum atomic E-state index is 14.4. The largest absolute Gasteiger partial charge is 0.365 e. The van der Waals surface area contributed by atoms with Crippen LogP contribution in [0, 0.1) is 5.82 Å². The van der Waals surface area contributed by atoms with Crippen LogP contribution in [0.2, 0.25) is 0 Å². The van der Waals surface area contributed by atoms with E-state index in [0.29, 0.717) is 31.5 Å². The number of halogens is 1. The summed E-state index contributed by atoms with van der Waals surface area (Å²) in [5, 5.41) is 7.19. The molecule has 0 aliphatic heterocycles. The number of nitrogens with zero attached hydrogens (tertiary/aromatic N) is 2. The van der Waals surface area contributed by atoms with Gasteiger partial charge in [0.25, 0.3) is 0 Å². The summed E-state index contributed by atoms with van der Waals surface area (Å²) in [7, 11) is 0. The molecule has 1 heterocycles. The van der Waals surface area contributed by atoms with Gasteiger partial charge in [-0.3, -0.25) is 4.79 Å². The van der Waals surface area contributed by atoms with Crippen molar-refractivity contribution in [3.05, 3.63) is 90.0 Å². The average Bonchev–Trinajstić information content (AvgIpc) is 2.87. The molecule has 4 rings (SSSR count). The molecular formula is C28H29FN4O. The molecule has 0 aliphatic carbocycles. The molecule has 0 radical (unpaired) electrons. The fraction of sp³-hybridized carbons (Fsp3) is 0.250. The van der Waals surface area contributed by atoms with E-state index in [1.165, 1.54) is 6.07 Å². The number of unbranched alkanes of at least 4 members (excludes halogenated alkanes) is 1. The van der Waals surface area contributed by atoms with Crippen LogP contribution in [-0.4, -0.2) is 22.4 Å². The highest BCUT2D eigenvalue weighted by atomic mass is 19.1. The molecule has 6 heteroatoms. The smallest absolute Gasteiger partial charge is 0.220 e. The van der Waals surface area contributed by atoms with Crippen molar-refractivity contribution in [3.63, 3.8) is 0 Å². The van der Waals surface area contributed by atoms with Crippen molar-refractivity contribution in [1.29, 1.82) is 0 Å². The van der Waals surface area contributed by atoms with Crippen LogP contribution in [0.25, 0.3) is 22.0 Å². The Bertz CT molecular complexity index is 1260. The van der Waals surface area contributed by atoms with Crippen LogP contribution in [0.1, 0.15) is 37.3 Å². The highest BCUT2D eigenvalue weighted by Gasteiger charge is 2.10. The minimum atomic E-state index is -0.263. The van der Waals surface area contributed by atoms with Gasteiger partial charge in [0.2, 0.25) is 5.91 Å². The molecular weight excluding hydrogens is 427 g/mol. The average molecular weight is 457 g/mol. The van der Waals surface area contributed by atoms with E-state index in [1.54, 1.807) is 12.4 Å². The second-order valence-electron chi connectivity index (χ2n) is 8.30. The number of carbonyl (C=O) groups excluding carboxylic acids is 1. The number of hydrogen-bond acceptors (Lipinski definition) is 4. The Hall–Kier alpha value is -3.80. The Balaban J connectivity index is 1.52. The minimum absolute atomic E-state index is 0.0171. The van der Waals surface area contributed by atoms with E-state index in [0.717, 1.165) is 46.3 Å². The molecule has 4 aromatic rings. The van der Waals surface area contributed by atoms with Crippen LogP contribution in [0.4, 0.5) is 10.2 Å². The van der Waals surface area contributed by atoms with Crippen LogP contribution in [-0.2, 0) is 17.8 Å². The van der Waals surface area contributed by atoms with Crippen molar-refractivity contribution in [2.24, 2.45) is 0 Å². The number of fused-ring (bicyclic) bond motifs is 1. The standard InChI is InChI=1S/C28H29FN4O/c1-2-3-9-27(34)30-15-14-23-16-21(10-12-25(23)29)22-11-13-26-24(17-22)28(33-19-32-26)31-18-20-7-5-4-6-8-20/h4-8,10-13,16-17,19H,2-3,9,14-15,18H2,1H3,(H,30,34)(H,31,32,33). The third-order valence-electron chi connectivity index (χ3n) is 5.79.